The highest BCUT2D eigenvalue weighted by Crippen LogP contribution is 2.17. The summed E-state index contributed by atoms with van der Waals surface area (Å²) in [5.74, 6) is -0.657. The molecule has 1 aromatic rings. The van der Waals surface area contributed by atoms with Crippen molar-refractivity contribution >= 4 is 12.4 Å². The van der Waals surface area contributed by atoms with Gasteiger partial charge in [-0.25, -0.2) is 4.79 Å². The molecule has 0 heterocycles. The lowest BCUT2D eigenvalue weighted by Gasteiger charge is -2.20. The maximum Gasteiger partial charge on any atom is 0.331 e. The number of aliphatic hydroxyl groups is 1. The molecular weight excluding hydrogens is 222 g/mol. The van der Waals surface area contributed by atoms with E-state index in [-0.39, 0.29) is 6.61 Å². The Labute approximate surface area is 99.4 Å². The van der Waals surface area contributed by atoms with Gasteiger partial charge in [-0.15, -0.1) is 0 Å². The molecule has 0 aromatic heterocycles. The van der Waals surface area contributed by atoms with Crippen molar-refractivity contribution in [2.75, 3.05) is 6.61 Å². The molecule has 0 aliphatic heterocycles. The highest BCUT2D eigenvalue weighted by Gasteiger charge is 2.28. The van der Waals surface area contributed by atoms with Gasteiger partial charge in [-0.05, 0) is 12.5 Å². The van der Waals surface area contributed by atoms with Crippen LogP contribution in [0.4, 0.5) is 0 Å². The minimum Gasteiger partial charge on any atom is -0.464 e. The third-order valence-corrected chi connectivity index (χ3v) is 2.24. The summed E-state index contributed by atoms with van der Waals surface area (Å²) in [4.78, 5) is 22.0. The quantitative estimate of drug-likeness (QED) is 0.554. The Morgan fingerprint density at radius 1 is 1.47 bits per heavy atom. The lowest BCUT2D eigenvalue weighted by molar-refractivity contribution is -0.149. The molecule has 0 saturated carbocycles. The van der Waals surface area contributed by atoms with Gasteiger partial charge >= 0.3 is 5.97 Å². The SMILES string of the molecule is CCOC(=O)C(NC=O)C(O)c1ccccc1. The molecule has 2 atom stereocenters. The van der Waals surface area contributed by atoms with Crippen molar-refractivity contribution in [3.05, 3.63) is 35.9 Å². The highest BCUT2D eigenvalue weighted by molar-refractivity contribution is 5.79. The fourth-order valence-electron chi connectivity index (χ4n) is 1.44. The number of nitrogens with one attached hydrogen (secondary N) is 1. The average molecular weight is 237 g/mol. The van der Waals surface area contributed by atoms with Gasteiger partial charge in [-0.3, -0.25) is 4.79 Å². The largest absolute Gasteiger partial charge is 0.464 e. The molecule has 0 spiro atoms. The van der Waals surface area contributed by atoms with Gasteiger partial charge < -0.3 is 15.2 Å². The zero-order valence-corrected chi connectivity index (χ0v) is 9.50. The van der Waals surface area contributed by atoms with Crippen molar-refractivity contribution in [2.24, 2.45) is 0 Å². The summed E-state index contributed by atoms with van der Waals surface area (Å²) in [6.07, 6.45) is -0.756. The molecular formula is C12H15NO4. The van der Waals surface area contributed by atoms with Crippen LogP contribution in [0, 0.1) is 0 Å². The van der Waals surface area contributed by atoms with Gasteiger partial charge in [0.1, 0.15) is 6.10 Å². The predicted molar refractivity (Wildman–Crippen MR) is 61.0 cm³/mol. The Bertz CT molecular complexity index is 366. The van der Waals surface area contributed by atoms with Gasteiger partial charge in [0.15, 0.2) is 6.04 Å². The molecule has 2 unspecified atom stereocenters. The zero-order valence-electron chi connectivity index (χ0n) is 9.50. The van der Waals surface area contributed by atoms with E-state index >= 15 is 0 Å². The molecule has 5 nitrogen and oxygen atoms in total. The second-order valence-corrected chi connectivity index (χ2v) is 3.37. The molecule has 1 aromatic carbocycles. The second kappa shape index (κ2) is 6.65. The van der Waals surface area contributed by atoms with E-state index in [4.69, 9.17) is 4.74 Å². The average Bonchev–Trinajstić information content (AvgIpc) is 2.36. The van der Waals surface area contributed by atoms with Crippen molar-refractivity contribution in [3.63, 3.8) is 0 Å². The van der Waals surface area contributed by atoms with Crippen LogP contribution in [0.25, 0.3) is 0 Å². The van der Waals surface area contributed by atoms with Crippen molar-refractivity contribution < 1.29 is 19.4 Å². The fraction of sp³-hybridized carbons (Fsp3) is 0.333. The zero-order chi connectivity index (χ0) is 12.7. The third kappa shape index (κ3) is 3.57. The summed E-state index contributed by atoms with van der Waals surface area (Å²) in [7, 11) is 0. The van der Waals surface area contributed by atoms with Gasteiger partial charge in [0.2, 0.25) is 6.41 Å². The van der Waals surface area contributed by atoms with Gasteiger partial charge in [0.25, 0.3) is 0 Å². The van der Waals surface area contributed by atoms with E-state index in [2.05, 4.69) is 5.32 Å². The number of rotatable bonds is 6. The van der Waals surface area contributed by atoms with E-state index in [9.17, 15) is 14.7 Å². The number of ether oxygens (including phenoxy) is 1. The number of carbonyl (C=O) groups is 2. The topological polar surface area (TPSA) is 75.6 Å². The second-order valence-electron chi connectivity index (χ2n) is 3.37. The first kappa shape index (κ1) is 13.2. The van der Waals surface area contributed by atoms with Crippen LogP contribution in [0.3, 0.4) is 0 Å². The number of aliphatic hydroxyl groups excluding tert-OH is 1. The van der Waals surface area contributed by atoms with Crippen molar-refractivity contribution in [3.8, 4) is 0 Å². The minimum atomic E-state index is -1.12. The number of carbonyl (C=O) groups excluding carboxylic acids is 2. The standard InChI is InChI=1S/C12H15NO4/c1-2-17-12(16)10(13-8-14)11(15)9-6-4-3-5-7-9/h3-8,10-11,15H,2H2,1H3,(H,13,14). The summed E-state index contributed by atoms with van der Waals surface area (Å²) in [5.41, 5.74) is 0.542. The molecule has 2 N–H and O–H groups in total. The first-order valence-electron chi connectivity index (χ1n) is 5.30. The van der Waals surface area contributed by atoms with Crippen LogP contribution < -0.4 is 5.32 Å². The summed E-state index contributed by atoms with van der Waals surface area (Å²) in [6, 6.07) is 7.52. The molecule has 17 heavy (non-hydrogen) atoms. The van der Waals surface area contributed by atoms with E-state index in [1.807, 2.05) is 0 Å². The number of esters is 1. The number of amides is 1. The molecule has 5 heteroatoms. The van der Waals surface area contributed by atoms with E-state index in [1.54, 1.807) is 37.3 Å². The van der Waals surface area contributed by atoms with Crippen molar-refractivity contribution in [1.82, 2.24) is 5.32 Å². The molecule has 0 fully saturated rings. The number of hydrogen-bond acceptors (Lipinski definition) is 4. The molecule has 0 aliphatic carbocycles. The lowest BCUT2D eigenvalue weighted by Crippen LogP contribution is -2.42. The third-order valence-electron chi connectivity index (χ3n) is 2.24. The minimum absolute atomic E-state index is 0.192. The first-order valence-corrected chi connectivity index (χ1v) is 5.30. The van der Waals surface area contributed by atoms with E-state index in [0.29, 0.717) is 12.0 Å². The Hall–Kier alpha value is -1.88. The van der Waals surface area contributed by atoms with Crippen molar-refractivity contribution in [2.45, 2.75) is 19.1 Å². The van der Waals surface area contributed by atoms with E-state index in [0.717, 1.165) is 0 Å². The van der Waals surface area contributed by atoms with Gasteiger partial charge in [0, 0.05) is 0 Å². The Morgan fingerprint density at radius 2 is 2.12 bits per heavy atom. The number of hydrogen-bond donors (Lipinski definition) is 2. The van der Waals surface area contributed by atoms with E-state index < -0.39 is 18.1 Å². The summed E-state index contributed by atoms with van der Waals surface area (Å²) >= 11 is 0. The highest BCUT2D eigenvalue weighted by atomic mass is 16.5. The van der Waals surface area contributed by atoms with Crippen LogP contribution in [-0.2, 0) is 14.3 Å². The summed E-state index contributed by atoms with van der Waals surface area (Å²) < 4.78 is 4.78. The van der Waals surface area contributed by atoms with Gasteiger partial charge in [-0.1, -0.05) is 30.3 Å². The first-order chi connectivity index (χ1) is 8.20. The lowest BCUT2D eigenvalue weighted by atomic mass is 10.0. The normalized spacial score (nSPS) is 13.5. The molecule has 92 valence electrons. The van der Waals surface area contributed by atoms with Crippen LogP contribution in [0.2, 0.25) is 0 Å². The molecule has 0 radical (unpaired) electrons. The monoisotopic (exact) mass is 237 g/mol. The Kier molecular flexibility index (Phi) is 5.16. The molecule has 1 rings (SSSR count). The van der Waals surface area contributed by atoms with Crippen LogP contribution >= 0.6 is 0 Å². The van der Waals surface area contributed by atoms with Gasteiger partial charge in [-0.2, -0.15) is 0 Å². The predicted octanol–water partition coefficient (Wildman–Crippen LogP) is 0.398. The molecule has 0 aliphatic rings. The molecule has 0 bridgehead atoms. The Balaban J connectivity index is 2.83. The van der Waals surface area contributed by atoms with Crippen LogP contribution in [0.5, 0.6) is 0 Å². The summed E-state index contributed by atoms with van der Waals surface area (Å²) in [6.45, 7) is 1.85. The molecule has 0 saturated heterocycles. The smallest absolute Gasteiger partial charge is 0.331 e. The maximum absolute atomic E-state index is 11.5. The van der Waals surface area contributed by atoms with Crippen LogP contribution in [0.15, 0.2) is 30.3 Å². The number of benzene rings is 1. The fourth-order valence-corrected chi connectivity index (χ4v) is 1.44. The Morgan fingerprint density at radius 3 is 2.65 bits per heavy atom. The van der Waals surface area contributed by atoms with Gasteiger partial charge in [0.05, 0.1) is 6.61 Å². The van der Waals surface area contributed by atoms with Crippen molar-refractivity contribution in [1.29, 1.82) is 0 Å². The molecule has 1 amide bonds. The van der Waals surface area contributed by atoms with Crippen LogP contribution in [0.1, 0.15) is 18.6 Å². The maximum atomic E-state index is 11.5. The van der Waals surface area contributed by atoms with E-state index in [1.165, 1.54) is 0 Å². The summed E-state index contributed by atoms with van der Waals surface area (Å²) in [5, 5.41) is 12.2. The van der Waals surface area contributed by atoms with Crippen LogP contribution in [-0.4, -0.2) is 30.1 Å².